The van der Waals surface area contributed by atoms with Crippen molar-refractivity contribution in [2.75, 3.05) is 0 Å². The molecular weight excluding hydrogens is 132 g/mol. The highest BCUT2D eigenvalue weighted by Gasteiger charge is 1.78. The molecule has 0 nitrogen and oxygen atoms in total. The van der Waals surface area contributed by atoms with E-state index in [1.165, 1.54) is 5.56 Å². The highest BCUT2D eigenvalue weighted by molar-refractivity contribution is 5.49. The largest absolute Gasteiger partial charge is 0.0798 e. The smallest absolute Gasteiger partial charge is 0.0230 e. The Labute approximate surface area is 67.9 Å². The van der Waals surface area contributed by atoms with E-state index in [0.717, 1.165) is 0 Å². The number of benzene rings is 1. The Morgan fingerprint density at radius 2 is 1.91 bits per heavy atom. The van der Waals surface area contributed by atoms with E-state index in [0.29, 0.717) is 0 Å². The topological polar surface area (TPSA) is 0 Å². The Morgan fingerprint density at radius 3 is 2.55 bits per heavy atom. The predicted molar refractivity (Wildman–Crippen MR) is 49.0 cm³/mol. The van der Waals surface area contributed by atoms with Crippen molar-refractivity contribution in [1.82, 2.24) is 0 Å². The maximum atomic E-state index is 2.99. The number of rotatable bonds is 2. The van der Waals surface area contributed by atoms with Crippen LogP contribution in [-0.4, -0.2) is 0 Å². The molecule has 0 amide bonds. The first kappa shape index (κ1) is 7.80. The molecule has 0 saturated carbocycles. The Morgan fingerprint density at radius 1 is 1.18 bits per heavy atom. The molecule has 0 bridgehead atoms. The lowest BCUT2D eigenvalue weighted by Crippen LogP contribution is -1.66. The summed E-state index contributed by atoms with van der Waals surface area (Å²) in [5, 5.41) is 0. The van der Waals surface area contributed by atoms with Gasteiger partial charge in [0.1, 0.15) is 0 Å². The molecule has 11 heavy (non-hydrogen) atoms. The van der Waals surface area contributed by atoms with Gasteiger partial charge in [0.15, 0.2) is 0 Å². The minimum absolute atomic E-state index is 1.21. The fraction of sp³-hybridized carbons (Fsp3) is 0.0909. The minimum Gasteiger partial charge on any atom is -0.0798 e. The summed E-state index contributed by atoms with van der Waals surface area (Å²) in [6.45, 7) is 1.95. The zero-order valence-corrected chi connectivity index (χ0v) is 6.62. The molecule has 0 spiro atoms. The van der Waals surface area contributed by atoms with Crippen LogP contribution < -0.4 is 0 Å². The van der Waals surface area contributed by atoms with E-state index in [9.17, 15) is 0 Å². The molecule has 1 rings (SSSR count). The third-order valence-electron chi connectivity index (χ3n) is 1.34. The summed E-state index contributed by atoms with van der Waals surface area (Å²) < 4.78 is 0. The molecule has 1 radical (unpaired) electrons. The van der Waals surface area contributed by atoms with Crippen LogP contribution in [0, 0.1) is 6.08 Å². The number of allylic oxidation sites excluding steroid dienone is 3. The lowest BCUT2D eigenvalue weighted by Gasteiger charge is -1.87. The first-order chi connectivity index (χ1) is 5.43. The summed E-state index contributed by atoms with van der Waals surface area (Å²) in [7, 11) is 0. The molecule has 0 heterocycles. The second-order valence-corrected chi connectivity index (χ2v) is 2.20. The van der Waals surface area contributed by atoms with Crippen LogP contribution in [0.4, 0.5) is 0 Å². The maximum absolute atomic E-state index is 2.99. The molecule has 0 atom stereocenters. The fourth-order valence-corrected chi connectivity index (χ4v) is 0.805. The van der Waals surface area contributed by atoms with Crippen molar-refractivity contribution in [1.29, 1.82) is 0 Å². The van der Waals surface area contributed by atoms with Gasteiger partial charge in [-0.05, 0) is 18.6 Å². The van der Waals surface area contributed by atoms with Gasteiger partial charge in [0.05, 0.1) is 0 Å². The van der Waals surface area contributed by atoms with Crippen molar-refractivity contribution in [2.45, 2.75) is 6.92 Å². The third kappa shape index (κ3) is 2.85. The summed E-state index contributed by atoms with van der Waals surface area (Å²) in [5.41, 5.74) is 1.21. The summed E-state index contributed by atoms with van der Waals surface area (Å²) >= 11 is 0. The summed E-state index contributed by atoms with van der Waals surface area (Å²) in [6, 6.07) is 10.2. The molecule has 0 aliphatic rings. The van der Waals surface area contributed by atoms with Crippen molar-refractivity contribution < 1.29 is 0 Å². The molecule has 0 aliphatic carbocycles. The van der Waals surface area contributed by atoms with Gasteiger partial charge in [0.2, 0.25) is 0 Å². The molecule has 1 aromatic rings. The standard InChI is InChI=1S/C11H11/c1-2-3-5-8-11-9-6-4-7-10-11/h2,4-10H,1H3. The van der Waals surface area contributed by atoms with Crippen molar-refractivity contribution in [2.24, 2.45) is 0 Å². The second kappa shape index (κ2) is 4.51. The van der Waals surface area contributed by atoms with Gasteiger partial charge in [0.25, 0.3) is 0 Å². The molecule has 0 N–H and O–H groups in total. The second-order valence-electron chi connectivity index (χ2n) is 2.20. The molecule has 0 saturated heterocycles. The minimum atomic E-state index is 1.21. The zero-order valence-electron chi connectivity index (χ0n) is 6.62. The molecule has 0 aliphatic heterocycles. The maximum Gasteiger partial charge on any atom is -0.0230 e. The third-order valence-corrected chi connectivity index (χ3v) is 1.34. The molecule has 55 valence electrons. The van der Waals surface area contributed by atoms with E-state index in [1.54, 1.807) is 0 Å². The Kier molecular flexibility index (Phi) is 3.20. The fourth-order valence-electron chi connectivity index (χ4n) is 0.805. The SMILES string of the molecule is CC=[C]C=Cc1ccccc1. The van der Waals surface area contributed by atoms with Crippen LogP contribution in [0.3, 0.4) is 0 Å². The van der Waals surface area contributed by atoms with Crippen LogP contribution in [0.15, 0.2) is 42.5 Å². The van der Waals surface area contributed by atoms with Crippen molar-refractivity contribution in [3.05, 3.63) is 54.1 Å². The Balaban J connectivity index is 2.64. The van der Waals surface area contributed by atoms with Gasteiger partial charge in [-0.2, -0.15) is 0 Å². The van der Waals surface area contributed by atoms with E-state index in [4.69, 9.17) is 0 Å². The van der Waals surface area contributed by atoms with Crippen LogP contribution in [-0.2, 0) is 0 Å². The monoisotopic (exact) mass is 143 g/mol. The van der Waals surface area contributed by atoms with Gasteiger partial charge in [-0.3, -0.25) is 0 Å². The normalized spacial score (nSPS) is 11.4. The van der Waals surface area contributed by atoms with E-state index in [2.05, 4.69) is 18.2 Å². The molecular formula is C11H11. The van der Waals surface area contributed by atoms with Crippen LogP contribution in [0.2, 0.25) is 0 Å². The first-order valence-corrected chi connectivity index (χ1v) is 3.69. The highest BCUT2D eigenvalue weighted by atomic mass is 13.8. The zero-order chi connectivity index (χ0) is 7.94. The Bertz CT molecular complexity index is 242. The van der Waals surface area contributed by atoms with Gasteiger partial charge >= 0.3 is 0 Å². The van der Waals surface area contributed by atoms with Crippen molar-refractivity contribution >= 4 is 6.08 Å². The average Bonchev–Trinajstić information content (AvgIpc) is 2.07. The molecule has 0 aromatic heterocycles. The molecule has 0 fully saturated rings. The first-order valence-electron chi connectivity index (χ1n) is 3.69. The highest BCUT2D eigenvalue weighted by Crippen LogP contribution is 2.00. The van der Waals surface area contributed by atoms with Gasteiger partial charge in [-0.25, -0.2) is 0 Å². The van der Waals surface area contributed by atoms with Crippen LogP contribution in [0.25, 0.3) is 6.08 Å². The van der Waals surface area contributed by atoms with Crippen LogP contribution in [0.1, 0.15) is 12.5 Å². The van der Waals surface area contributed by atoms with Gasteiger partial charge in [-0.1, -0.05) is 48.6 Å². The van der Waals surface area contributed by atoms with E-state index in [1.807, 2.05) is 43.4 Å². The Hall–Kier alpha value is -1.30. The van der Waals surface area contributed by atoms with Crippen molar-refractivity contribution in [3.8, 4) is 0 Å². The number of hydrogen-bond acceptors (Lipinski definition) is 0. The van der Waals surface area contributed by atoms with E-state index in [-0.39, 0.29) is 0 Å². The molecule has 0 heteroatoms. The predicted octanol–water partition coefficient (Wildman–Crippen LogP) is 3.08. The van der Waals surface area contributed by atoms with Crippen LogP contribution >= 0.6 is 0 Å². The van der Waals surface area contributed by atoms with Crippen LogP contribution in [0.5, 0.6) is 0 Å². The summed E-state index contributed by atoms with van der Waals surface area (Å²) in [4.78, 5) is 0. The van der Waals surface area contributed by atoms with Gasteiger partial charge in [-0.15, -0.1) is 0 Å². The lowest BCUT2D eigenvalue weighted by molar-refractivity contribution is 1.65. The molecule has 1 aromatic carbocycles. The summed E-state index contributed by atoms with van der Waals surface area (Å²) in [6.07, 6.45) is 8.82. The van der Waals surface area contributed by atoms with E-state index < -0.39 is 0 Å². The van der Waals surface area contributed by atoms with Crippen molar-refractivity contribution in [3.63, 3.8) is 0 Å². The van der Waals surface area contributed by atoms with Gasteiger partial charge in [0, 0.05) is 0 Å². The molecule has 0 unspecified atom stereocenters. The van der Waals surface area contributed by atoms with Gasteiger partial charge < -0.3 is 0 Å². The van der Waals surface area contributed by atoms with E-state index >= 15 is 0 Å². The lowest BCUT2D eigenvalue weighted by atomic mass is 10.2. The summed E-state index contributed by atoms with van der Waals surface area (Å²) in [5.74, 6) is 0. The quantitative estimate of drug-likeness (QED) is 0.558. The number of hydrogen-bond donors (Lipinski definition) is 0. The average molecular weight is 143 g/mol.